The van der Waals surface area contributed by atoms with Gasteiger partial charge in [0.2, 0.25) is 0 Å². The minimum atomic E-state index is -0.501. The topological polar surface area (TPSA) is 56.2 Å². The minimum Gasteiger partial charge on any atom is -0.354 e. The Bertz CT molecular complexity index is 658. The van der Waals surface area contributed by atoms with E-state index in [1.54, 1.807) is 6.07 Å². The summed E-state index contributed by atoms with van der Waals surface area (Å²) in [6, 6.07) is 7.24. The number of hydrogen-bond donors (Lipinski definition) is 1. The summed E-state index contributed by atoms with van der Waals surface area (Å²) in [7, 11) is 3.04. The van der Waals surface area contributed by atoms with Gasteiger partial charge in [0.05, 0.1) is 17.4 Å². The van der Waals surface area contributed by atoms with Crippen LogP contribution in [0.1, 0.15) is 0 Å². The Morgan fingerprint density at radius 2 is 2.00 bits per heavy atom. The van der Waals surface area contributed by atoms with Gasteiger partial charge in [-0.1, -0.05) is 12.1 Å². The first-order valence-corrected chi connectivity index (χ1v) is 5.85. The zero-order valence-corrected chi connectivity index (χ0v) is 11.0. The zero-order valence-electron chi connectivity index (χ0n) is 10.2. The Morgan fingerprint density at radius 3 is 2.67 bits per heavy atom. The summed E-state index contributed by atoms with van der Waals surface area (Å²) in [5.74, 6) is 0. The average Bonchev–Trinajstić information content (AvgIpc) is 2.39. The lowest BCUT2D eigenvalue weighted by Crippen LogP contribution is -2.30. The number of para-hydroxylation sites is 1. The molecule has 6 heteroatoms. The highest BCUT2D eigenvalue weighted by molar-refractivity contribution is 7.71. The summed E-state index contributed by atoms with van der Waals surface area (Å²) < 4.78 is 12.0. The lowest BCUT2D eigenvalue weighted by Gasteiger charge is -2.15. The number of fused-ring (bicyclic) bond motifs is 1. The van der Waals surface area contributed by atoms with E-state index in [2.05, 4.69) is 4.98 Å². The number of nitrogens with zero attached hydrogens (tertiary/aromatic N) is 1. The molecule has 1 aromatic heterocycles. The van der Waals surface area contributed by atoms with E-state index < -0.39 is 6.29 Å². The van der Waals surface area contributed by atoms with Gasteiger partial charge < -0.3 is 14.5 Å². The van der Waals surface area contributed by atoms with Gasteiger partial charge in [-0.05, 0) is 24.4 Å². The molecule has 0 aliphatic rings. The molecule has 0 radical (unpaired) electrons. The summed E-state index contributed by atoms with van der Waals surface area (Å²) in [5.41, 5.74) is 0.587. The number of rotatable bonds is 4. The summed E-state index contributed by atoms with van der Waals surface area (Å²) in [4.78, 5) is 15.3. The van der Waals surface area contributed by atoms with Crippen LogP contribution in [0.4, 0.5) is 0 Å². The van der Waals surface area contributed by atoms with Crippen LogP contribution in [0.5, 0.6) is 0 Å². The van der Waals surface area contributed by atoms with Gasteiger partial charge in [0.1, 0.15) is 0 Å². The van der Waals surface area contributed by atoms with E-state index in [0.717, 1.165) is 5.52 Å². The van der Waals surface area contributed by atoms with Gasteiger partial charge in [0.25, 0.3) is 5.56 Å². The predicted molar refractivity (Wildman–Crippen MR) is 71.2 cm³/mol. The van der Waals surface area contributed by atoms with E-state index in [0.29, 0.717) is 10.2 Å². The highest BCUT2D eigenvalue weighted by atomic mass is 32.1. The van der Waals surface area contributed by atoms with Crippen molar-refractivity contribution in [3.63, 3.8) is 0 Å². The molecule has 0 spiro atoms. The second-order valence-electron chi connectivity index (χ2n) is 3.79. The molecule has 0 atom stereocenters. The zero-order chi connectivity index (χ0) is 13.1. The van der Waals surface area contributed by atoms with Crippen LogP contribution in [0.25, 0.3) is 10.9 Å². The summed E-state index contributed by atoms with van der Waals surface area (Å²) >= 11 is 5.18. The first-order valence-electron chi connectivity index (χ1n) is 5.45. The number of aromatic nitrogens is 2. The minimum absolute atomic E-state index is 0.145. The highest BCUT2D eigenvalue weighted by Gasteiger charge is 2.11. The summed E-state index contributed by atoms with van der Waals surface area (Å²) in [6.07, 6.45) is -0.501. The Labute approximate surface area is 109 Å². The van der Waals surface area contributed by atoms with Crippen molar-refractivity contribution in [2.75, 3.05) is 14.2 Å². The van der Waals surface area contributed by atoms with Gasteiger partial charge in [-0.3, -0.25) is 9.36 Å². The number of aromatic amines is 1. The van der Waals surface area contributed by atoms with Gasteiger partial charge in [-0.15, -0.1) is 0 Å². The van der Waals surface area contributed by atoms with Crippen molar-refractivity contribution >= 4 is 23.1 Å². The molecule has 18 heavy (non-hydrogen) atoms. The molecule has 1 N–H and O–H groups in total. The highest BCUT2D eigenvalue weighted by Crippen LogP contribution is 2.06. The number of nitrogens with one attached hydrogen (secondary N) is 1. The van der Waals surface area contributed by atoms with E-state index in [4.69, 9.17) is 21.7 Å². The Kier molecular flexibility index (Phi) is 3.90. The molecule has 0 saturated carbocycles. The molecule has 0 amide bonds. The van der Waals surface area contributed by atoms with Crippen molar-refractivity contribution in [3.05, 3.63) is 39.4 Å². The molecular weight excluding hydrogens is 252 g/mol. The maximum Gasteiger partial charge on any atom is 0.262 e. The molecule has 2 rings (SSSR count). The van der Waals surface area contributed by atoms with Crippen LogP contribution < -0.4 is 5.56 Å². The average molecular weight is 266 g/mol. The molecule has 1 heterocycles. The van der Waals surface area contributed by atoms with Crippen LogP contribution in [0.2, 0.25) is 0 Å². The first-order chi connectivity index (χ1) is 8.67. The Morgan fingerprint density at radius 1 is 1.33 bits per heavy atom. The second-order valence-corrected chi connectivity index (χ2v) is 4.18. The third-order valence-corrected chi connectivity index (χ3v) is 3.07. The molecule has 96 valence electrons. The molecule has 0 fully saturated rings. The fourth-order valence-corrected chi connectivity index (χ4v) is 2.03. The number of H-pyrrole nitrogens is 1. The van der Waals surface area contributed by atoms with Crippen molar-refractivity contribution in [1.29, 1.82) is 0 Å². The van der Waals surface area contributed by atoms with Gasteiger partial charge in [0.15, 0.2) is 11.1 Å². The molecule has 0 bridgehead atoms. The van der Waals surface area contributed by atoms with Crippen LogP contribution in [-0.4, -0.2) is 30.1 Å². The fraction of sp³-hybridized carbons (Fsp3) is 0.333. The summed E-state index contributed by atoms with van der Waals surface area (Å²) in [5, 5.41) is 0.594. The van der Waals surface area contributed by atoms with Gasteiger partial charge >= 0.3 is 0 Å². The molecule has 0 unspecified atom stereocenters. The predicted octanol–water partition coefficient (Wildman–Crippen LogP) is 1.68. The van der Waals surface area contributed by atoms with Crippen LogP contribution in [0, 0.1) is 4.77 Å². The lowest BCUT2D eigenvalue weighted by molar-refractivity contribution is -0.111. The smallest absolute Gasteiger partial charge is 0.262 e. The second kappa shape index (κ2) is 5.43. The van der Waals surface area contributed by atoms with Crippen molar-refractivity contribution in [2.24, 2.45) is 0 Å². The van der Waals surface area contributed by atoms with Crippen molar-refractivity contribution in [2.45, 2.75) is 12.8 Å². The van der Waals surface area contributed by atoms with Gasteiger partial charge in [-0.25, -0.2) is 0 Å². The van der Waals surface area contributed by atoms with E-state index in [9.17, 15) is 4.79 Å². The Hall–Kier alpha value is -1.50. The fourth-order valence-electron chi connectivity index (χ4n) is 1.76. The number of benzene rings is 1. The van der Waals surface area contributed by atoms with Gasteiger partial charge in [-0.2, -0.15) is 0 Å². The number of ether oxygens (including phenoxy) is 2. The molecule has 0 saturated heterocycles. The van der Waals surface area contributed by atoms with E-state index >= 15 is 0 Å². The van der Waals surface area contributed by atoms with E-state index in [1.165, 1.54) is 18.8 Å². The Balaban J connectivity index is 2.58. The molecule has 0 aliphatic carbocycles. The molecule has 5 nitrogen and oxygen atoms in total. The summed E-state index contributed by atoms with van der Waals surface area (Å²) in [6.45, 7) is 0.256. The third-order valence-electron chi connectivity index (χ3n) is 2.75. The first kappa shape index (κ1) is 12.9. The van der Waals surface area contributed by atoms with Crippen LogP contribution in [-0.2, 0) is 16.0 Å². The number of hydrogen-bond acceptors (Lipinski definition) is 4. The van der Waals surface area contributed by atoms with Crippen molar-refractivity contribution in [3.8, 4) is 0 Å². The molecular formula is C12H14N2O3S. The van der Waals surface area contributed by atoms with Gasteiger partial charge in [0, 0.05) is 14.2 Å². The molecule has 1 aromatic carbocycles. The molecule has 0 aliphatic heterocycles. The maximum absolute atomic E-state index is 12.3. The lowest BCUT2D eigenvalue weighted by atomic mass is 10.2. The largest absolute Gasteiger partial charge is 0.354 e. The third kappa shape index (κ3) is 2.35. The standard InChI is InChI=1S/C12H14N2O3S/c1-16-10(17-2)7-14-11(15)8-5-3-4-6-9(8)13-12(14)18/h3-6,10H,7H2,1-2H3,(H,13,18). The monoisotopic (exact) mass is 266 g/mol. The molecule has 2 aromatic rings. The quantitative estimate of drug-likeness (QED) is 0.675. The van der Waals surface area contributed by atoms with Crippen molar-refractivity contribution in [1.82, 2.24) is 9.55 Å². The number of methoxy groups -OCH3 is 2. The van der Waals surface area contributed by atoms with Crippen molar-refractivity contribution < 1.29 is 9.47 Å². The SMILES string of the molecule is COC(Cn1c(=S)[nH]c2ccccc2c1=O)OC. The maximum atomic E-state index is 12.3. The van der Waals surface area contributed by atoms with Crippen LogP contribution >= 0.6 is 12.2 Å². The van der Waals surface area contributed by atoms with Crippen LogP contribution in [0.3, 0.4) is 0 Å². The van der Waals surface area contributed by atoms with E-state index in [-0.39, 0.29) is 12.1 Å². The van der Waals surface area contributed by atoms with Crippen LogP contribution in [0.15, 0.2) is 29.1 Å². The normalized spacial score (nSPS) is 11.3. The van der Waals surface area contributed by atoms with E-state index in [1.807, 2.05) is 18.2 Å².